The smallest absolute Gasteiger partial charge is 0.137 e. The number of halogens is 1. The molecule has 1 aliphatic rings. The van der Waals surface area contributed by atoms with Crippen LogP contribution in [0.25, 0.3) is 0 Å². The van der Waals surface area contributed by atoms with Crippen molar-refractivity contribution in [3.8, 4) is 5.75 Å². The summed E-state index contributed by atoms with van der Waals surface area (Å²) in [5.74, 6) is 1.18. The lowest BCUT2D eigenvalue weighted by molar-refractivity contribution is 0.223. The topological polar surface area (TPSA) is 61.3 Å². The molecule has 0 aliphatic heterocycles. The first-order chi connectivity index (χ1) is 8.02. The molecular weight excluding hydrogens is 236 g/mol. The van der Waals surface area contributed by atoms with Gasteiger partial charge >= 0.3 is 0 Å². The molecule has 17 heavy (non-hydrogen) atoms. The van der Waals surface area contributed by atoms with Gasteiger partial charge in [-0.15, -0.1) is 0 Å². The maximum absolute atomic E-state index is 6.27. The Morgan fingerprint density at radius 1 is 1.41 bits per heavy atom. The maximum atomic E-state index is 6.27. The molecule has 1 unspecified atom stereocenters. The lowest BCUT2D eigenvalue weighted by Gasteiger charge is -2.37. The van der Waals surface area contributed by atoms with Gasteiger partial charge in [-0.3, -0.25) is 0 Å². The van der Waals surface area contributed by atoms with E-state index in [1.807, 2.05) is 19.1 Å². The molecule has 0 heterocycles. The molecule has 1 atom stereocenters. The quantitative estimate of drug-likeness (QED) is 0.871. The lowest BCUT2D eigenvalue weighted by Crippen LogP contribution is -2.41. The van der Waals surface area contributed by atoms with E-state index < -0.39 is 0 Å². The number of hydrogen-bond acceptors (Lipinski definition) is 3. The van der Waals surface area contributed by atoms with Gasteiger partial charge in [0.1, 0.15) is 5.75 Å². The van der Waals surface area contributed by atoms with Gasteiger partial charge in [0, 0.05) is 12.1 Å². The first-order valence-corrected chi connectivity index (χ1v) is 6.26. The zero-order chi connectivity index (χ0) is 12.6. The minimum atomic E-state index is 0.0261. The van der Waals surface area contributed by atoms with Crippen molar-refractivity contribution in [1.29, 1.82) is 0 Å². The van der Waals surface area contributed by atoms with Gasteiger partial charge in [0.25, 0.3) is 0 Å². The van der Waals surface area contributed by atoms with E-state index in [2.05, 4.69) is 0 Å². The van der Waals surface area contributed by atoms with E-state index in [0.717, 1.165) is 24.0 Å². The Morgan fingerprint density at radius 2 is 2.06 bits per heavy atom. The zero-order valence-electron chi connectivity index (χ0n) is 10.2. The first kappa shape index (κ1) is 12.7. The second-order valence-corrected chi connectivity index (χ2v) is 5.27. The van der Waals surface area contributed by atoms with Crippen LogP contribution < -0.4 is 16.2 Å². The van der Waals surface area contributed by atoms with E-state index in [9.17, 15) is 0 Å². The Morgan fingerprint density at radius 3 is 2.59 bits per heavy atom. The average Bonchev–Trinajstić information content (AvgIpc) is 2.26. The summed E-state index contributed by atoms with van der Waals surface area (Å²) in [6, 6.07) is 4.21. The van der Waals surface area contributed by atoms with Crippen LogP contribution >= 0.6 is 11.6 Å². The molecule has 2 rings (SSSR count). The summed E-state index contributed by atoms with van der Waals surface area (Å²) in [5, 5.41) is 0.618. The molecule has 0 radical (unpaired) electrons. The van der Waals surface area contributed by atoms with Crippen molar-refractivity contribution < 1.29 is 4.74 Å². The first-order valence-electron chi connectivity index (χ1n) is 5.88. The summed E-state index contributed by atoms with van der Waals surface area (Å²) in [7, 11) is 1.62. The van der Waals surface area contributed by atoms with Gasteiger partial charge in [-0.05, 0) is 48.9 Å². The highest BCUT2D eigenvalue weighted by molar-refractivity contribution is 6.32. The fourth-order valence-electron chi connectivity index (χ4n) is 2.44. The van der Waals surface area contributed by atoms with Crippen molar-refractivity contribution in [3.63, 3.8) is 0 Å². The minimum Gasteiger partial charge on any atom is -0.495 e. The van der Waals surface area contributed by atoms with Crippen molar-refractivity contribution in [1.82, 2.24) is 0 Å². The standard InChI is InChI=1S/C13H19ClN2O/c1-7-3-12(17-2)11(14)6-10(7)13(16)8-4-9(15)5-8/h3,6,8-9,13H,4-5,15-16H2,1-2H3. The van der Waals surface area contributed by atoms with Crippen molar-refractivity contribution in [2.24, 2.45) is 17.4 Å². The molecule has 3 nitrogen and oxygen atoms in total. The molecule has 4 N–H and O–H groups in total. The molecule has 1 fully saturated rings. The summed E-state index contributed by atoms with van der Waals surface area (Å²) in [6.07, 6.45) is 2.01. The predicted molar refractivity (Wildman–Crippen MR) is 70.4 cm³/mol. The number of nitrogens with two attached hydrogens (primary N) is 2. The Labute approximate surface area is 107 Å². The molecule has 0 saturated heterocycles. The van der Waals surface area contributed by atoms with Crippen LogP contribution in [0.3, 0.4) is 0 Å². The van der Waals surface area contributed by atoms with Crippen LogP contribution in [-0.2, 0) is 0 Å². The fourth-order valence-corrected chi connectivity index (χ4v) is 2.69. The summed E-state index contributed by atoms with van der Waals surface area (Å²) in [6.45, 7) is 2.03. The highest BCUT2D eigenvalue weighted by atomic mass is 35.5. The number of methoxy groups -OCH3 is 1. The van der Waals surface area contributed by atoms with Crippen LogP contribution in [0.5, 0.6) is 5.75 Å². The van der Waals surface area contributed by atoms with E-state index >= 15 is 0 Å². The summed E-state index contributed by atoms with van der Waals surface area (Å²) >= 11 is 6.13. The minimum absolute atomic E-state index is 0.0261. The second-order valence-electron chi connectivity index (χ2n) is 4.86. The summed E-state index contributed by atoms with van der Waals surface area (Å²) in [5.41, 5.74) is 14.3. The van der Waals surface area contributed by atoms with Crippen LogP contribution in [0.2, 0.25) is 5.02 Å². The van der Waals surface area contributed by atoms with Gasteiger partial charge < -0.3 is 16.2 Å². The number of benzene rings is 1. The fraction of sp³-hybridized carbons (Fsp3) is 0.538. The van der Waals surface area contributed by atoms with Gasteiger partial charge in [-0.1, -0.05) is 11.6 Å². The van der Waals surface area contributed by atoms with E-state index in [1.54, 1.807) is 7.11 Å². The molecule has 1 aliphatic carbocycles. The van der Waals surface area contributed by atoms with Gasteiger partial charge in [-0.25, -0.2) is 0 Å². The van der Waals surface area contributed by atoms with Gasteiger partial charge in [0.2, 0.25) is 0 Å². The monoisotopic (exact) mass is 254 g/mol. The maximum Gasteiger partial charge on any atom is 0.137 e. The van der Waals surface area contributed by atoms with E-state index in [-0.39, 0.29) is 6.04 Å². The highest BCUT2D eigenvalue weighted by Gasteiger charge is 2.32. The summed E-state index contributed by atoms with van der Waals surface area (Å²) < 4.78 is 5.19. The SMILES string of the molecule is COc1cc(C)c(C(N)C2CC(N)C2)cc1Cl. The van der Waals surface area contributed by atoms with Crippen molar-refractivity contribution in [2.75, 3.05) is 7.11 Å². The van der Waals surface area contributed by atoms with E-state index in [4.69, 9.17) is 27.8 Å². The number of rotatable bonds is 3. The van der Waals surface area contributed by atoms with Crippen molar-refractivity contribution >= 4 is 11.6 Å². The Kier molecular flexibility index (Phi) is 3.61. The zero-order valence-corrected chi connectivity index (χ0v) is 11.0. The van der Waals surface area contributed by atoms with Crippen LogP contribution in [0.15, 0.2) is 12.1 Å². The third-order valence-corrected chi connectivity index (χ3v) is 3.91. The normalized spacial score (nSPS) is 25.2. The Balaban J connectivity index is 2.23. The third-order valence-electron chi connectivity index (χ3n) is 3.62. The molecule has 0 bridgehead atoms. The predicted octanol–water partition coefficient (Wildman–Crippen LogP) is 2.39. The largest absolute Gasteiger partial charge is 0.495 e. The Hall–Kier alpha value is -0.770. The number of hydrogen-bond donors (Lipinski definition) is 2. The molecule has 1 saturated carbocycles. The molecule has 0 amide bonds. The lowest BCUT2D eigenvalue weighted by atomic mass is 9.73. The van der Waals surface area contributed by atoms with E-state index in [1.165, 1.54) is 0 Å². The second kappa shape index (κ2) is 4.84. The molecular formula is C13H19ClN2O. The highest BCUT2D eigenvalue weighted by Crippen LogP contribution is 2.39. The summed E-state index contributed by atoms with van der Waals surface area (Å²) in [4.78, 5) is 0. The molecule has 4 heteroatoms. The van der Waals surface area contributed by atoms with Crippen LogP contribution in [0.1, 0.15) is 30.0 Å². The average molecular weight is 255 g/mol. The van der Waals surface area contributed by atoms with Crippen molar-refractivity contribution in [2.45, 2.75) is 31.8 Å². The van der Waals surface area contributed by atoms with E-state index in [0.29, 0.717) is 22.7 Å². The van der Waals surface area contributed by atoms with Gasteiger partial charge in [-0.2, -0.15) is 0 Å². The molecule has 0 spiro atoms. The molecule has 1 aromatic rings. The third kappa shape index (κ3) is 2.41. The van der Waals surface area contributed by atoms with Crippen LogP contribution in [-0.4, -0.2) is 13.2 Å². The number of aryl methyl sites for hydroxylation is 1. The Bertz CT molecular complexity index is 416. The molecule has 1 aromatic carbocycles. The molecule has 94 valence electrons. The number of ether oxygens (including phenoxy) is 1. The van der Waals surface area contributed by atoms with Gasteiger partial charge in [0.15, 0.2) is 0 Å². The van der Waals surface area contributed by atoms with Gasteiger partial charge in [0.05, 0.1) is 12.1 Å². The van der Waals surface area contributed by atoms with Crippen LogP contribution in [0, 0.1) is 12.8 Å². The van der Waals surface area contributed by atoms with Crippen molar-refractivity contribution in [3.05, 3.63) is 28.3 Å². The van der Waals surface area contributed by atoms with Crippen LogP contribution in [0.4, 0.5) is 0 Å². The molecule has 0 aromatic heterocycles.